The zero-order chi connectivity index (χ0) is 14.2. The summed E-state index contributed by atoms with van der Waals surface area (Å²) in [6.07, 6.45) is -3.30. The van der Waals surface area contributed by atoms with Crippen LogP contribution in [0.15, 0.2) is 30.6 Å². The predicted octanol–water partition coefficient (Wildman–Crippen LogP) is 2.38. The number of benzene rings is 1. The van der Waals surface area contributed by atoms with Gasteiger partial charge in [0.25, 0.3) is 0 Å². The standard InChI is InChI=1S/C10H7F3N4O2/c11-10(12,13)6-4-15-16(5-6)8-3-1-2-7(14)9(8)17(18)19/h1-5H,14H2. The maximum atomic E-state index is 12.4. The van der Waals surface area contributed by atoms with E-state index in [1.807, 2.05) is 0 Å². The zero-order valence-corrected chi connectivity index (χ0v) is 9.26. The van der Waals surface area contributed by atoms with Crippen LogP contribution in [-0.4, -0.2) is 14.7 Å². The number of nitrogens with two attached hydrogens (primary N) is 1. The first-order chi connectivity index (χ1) is 8.80. The number of nitro benzene ring substituents is 1. The molecule has 19 heavy (non-hydrogen) atoms. The number of nitro groups is 1. The van der Waals surface area contributed by atoms with Gasteiger partial charge in [-0.1, -0.05) is 6.07 Å². The number of hydrogen-bond acceptors (Lipinski definition) is 4. The van der Waals surface area contributed by atoms with Gasteiger partial charge in [0, 0.05) is 6.20 Å². The Labute approximate surface area is 104 Å². The molecule has 0 aliphatic carbocycles. The molecular weight excluding hydrogens is 265 g/mol. The highest BCUT2D eigenvalue weighted by Gasteiger charge is 2.33. The molecule has 1 heterocycles. The summed E-state index contributed by atoms with van der Waals surface area (Å²) in [5.41, 5.74) is 3.69. The van der Waals surface area contributed by atoms with Crippen LogP contribution in [0.25, 0.3) is 5.69 Å². The van der Waals surface area contributed by atoms with E-state index >= 15 is 0 Å². The molecule has 2 N–H and O–H groups in total. The third-order valence-electron chi connectivity index (χ3n) is 2.39. The second kappa shape index (κ2) is 4.26. The molecular formula is C10H7F3N4O2. The minimum Gasteiger partial charge on any atom is -0.393 e. The van der Waals surface area contributed by atoms with E-state index in [2.05, 4.69) is 5.10 Å². The van der Waals surface area contributed by atoms with Crippen molar-refractivity contribution in [2.24, 2.45) is 0 Å². The van der Waals surface area contributed by atoms with Crippen LogP contribution in [0, 0.1) is 10.1 Å². The Morgan fingerprint density at radius 2 is 2.05 bits per heavy atom. The lowest BCUT2D eigenvalue weighted by atomic mass is 10.2. The average molecular weight is 272 g/mol. The second-order valence-electron chi connectivity index (χ2n) is 3.64. The third kappa shape index (κ3) is 2.34. The number of halogens is 3. The Morgan fingerprint density at radius 1 is 1.37 bits per heavy atom. The number of nitrogen functional groups attached to an aromatic ring is 1. The summed E-state index contributed by atoms with van der Waals surface area (Å²) in [4.78, 5) is 10.1. The Bertz CT molecular complexity index is 636. The molecule has 0 fully saturated rings. The first-order valence-electron chi connectivity index (χ1n) is 4.96. The van der Waals surface area contributed by atoms with Gasteiger partial charge in [0.15, 0.2) is 0 Å². The van der Waals surface area contributed by atoms with Crippen LogP contribution in [0.1, 0.15) is 5.56 Å². The van der Waals surface area contributed by atoms with Crippen molar-refractivity contribution in [3.05, 3.63) is 46.3 Å². The van der Waals surface area contributed by atoms with Crippen molar-refractivity contribution in [3.63, 3.8) is 0 Å². The summed E-state index contributed by atoms with van der Waals surface area (Å²) in [6, 6.07) is 3.95. The van der Waals surface area contributed by atoms with E-state index in [9.17, 15) is 23.3 Å². The van der Waals surface area contributed by atoms with Gasteiger partial charge >= 0.3 is 11.9 Å². The molecule has 0 spiro atoms. The molecule has 0 aliphatic heterocycles. The number of anilines is 1. The van der Waals surface area contributed by atoms with Crippen LogP contribution < -0.4 is 5.73 Å². The largest absolute Gasteiger partial charge is 0.419 e. The summed E-state index contributed by atoms with van der Waals surface area (Å²) in [5, 5.41) is 14.4. The number of aromatic nitrogens is 2. The van der Waals surface area contributed by atoms with E-state index < -0.39 is 22.4 Å². The molecule has 2 aromatic rings. The number of alkyl halides is 3. The second-order valence-corrected chi connectivity index (χ2v) is 3.64. The van der Waals surface area contributed by atoms with Gasteiger partial charge in [-0.15, -0.1) is 0 Å². The minimum absolute atomic E-state index is 0.125. The Balaban J connectivity index is 2.57. The third-order valence-corrected chi connectivity index (χ3v) is 2.39. The lowest BCUT2D eigenvalue weighted by Crippen LogP contribution is -2.05. The fourth-order valence-corrected chi connectivity index (χ4v) is 1.53. The van der Waals surface area contributed by atoms with Gasteiger partial charge in [0.1, 0.15) is 11.4 Å². The summed E-state index contributed by atoms with van der Waals surface area (Å²) in [5.74, 6) is 0. The molecule has 0 atom stereocenters. The van der Waals surface area contributed by atoms with Crippen LogP contribution in [0.3, 0.4) is 0 Å². The molecule has 0 saturated heterocycles. The van der Waals surface area contributed by atoms with Crippen LogP contribution in [0.2, 0.25) is 0 Å². The highest BCUT2D eigenvalue weighted by molar-refractivity contribution is 5.68. The van der Waals surface area contributed by atoms with Gasteiger partial charge in [-0.05, 0) is 12.1 Å². The molecule has 2 rings (SSSR count). The van der Waals surface area contributed by atoms with Crippen molar-refractivity contribution in [1.82, 2.24) is 9.78 Å². The quantitative estimate of drug-likeness (QED) is 0.516. The van der Waals surface area contributed by atoms with Gasteiger partial charge in [0.2, 0.25) is 0 Å². The van der Waals surface area contributed by atoms with Crippen LogP contribution in [-0.2, 0) is 6.18 Å². The molecule has 100 valence electrons. The highest BCUT2D eigenvalue weighted by atomic mass is 19.4. The van der Waals surface area contributed by atoms with E-state index in [1.54, 1.807) is 0 Å². The normalized spacial score (nSPS) is 11.5. The smallest absolute Gasteiger partial charge is 0.393 e. The summed E-state index contributed by atoms with van der Waals surface area (Å²) in [7, 11) is 0. The fraction of sp³-hybridized carbons (Fsp3) is 0.100. The van der Waals surface area contributed by atoms with E-state index in [0.29, 0.717) is 12.4 Å². The number of nitrogens with zero attached hydrogens (tertiary/aromatic N) is 3. The van der Waals surface area contributed by atoms with Gasteiger partial charge in [0.05, 0.1) is 16.7 Å². The van der Waals surface area contributed by atoms with Crippen molar-refractivity contribution in [2.75, 3.05) is 5.73 Å². The Morgan fingerprint density at radius 3 is 2.58 bits per heavy atom. The van der Waals surface area contributed by atoms with E-state index in [1.165, 1.54) is 18.2 Å². The van der Waals surface area contributed by atoms with Gasteiger partial charge in [-0.2, -0.15) is 18.3 Å². The minimum atomic E-state index is -4.56. The van der Waals surface area contributed by atoms with Gasteiger partial charge in [-0.25, -0.2) is 4.68 Å². The maximum Gasteiger partial charge on any atom is 0.419 e. The summed E-state index contributed by atoms with van der Waals surface area (Å²) < 4.78 is 38.1. The van der Waals surface area contributed by atoms with E-state index in [-0.39, 0.29) is 11.4 Å². The molecule has 1 aromatic carbocycles. The van der Waals surface area contributed by atoms with E-state index in [4.69, 9.17) is 5.73 Å². The molecule has 0 saturated carbocycles. The topological polar surface area (TPSA) is 87.0 Å². The van der Waals surface area contributed by atoms with Crippen molar-refractivity contribution in [1.29, 1.82) is 0 Å². The molecule has 0 amide bonds. The van der Waals surface area contributed by atoms with Crippen LogP contribution in [0.4, 0.5) is 24.5 Å². The molecule has 0 radical (unpaired) electrons. The molecule has 6 nitrogen and oxygen atoms in total. The molecule has 0 aliphatic rings. The van der Waals surface area contributed by atoms with Crippen LogP contribution in [0.5, 0.6) is 0 Å². The SMILES string of the molecule is Nc1cccc(-n2cc(C(F)(F)F)cn2)c1[N+](=O)[O-]. The first-order valence-corrected chi connectivity index (χ1v) is 4.96. The fourth-order valence-electron chi connectivity index (χ4n) is 1.53. The zero-order valence-electron chi connectivity index (χ0n) is 9.26. The number of para-hydroxylation sites is 1. The van der Waals surface area contributed by atoms with Gasteiger partial charge < -0.3 is 5.73 Å². The molecule has 0 bridgehead atoms. The van der Waals surface area contributed by atoms with Crippen molar-refractivity contribution in [2.45, 2.75) is 6.18 Å². The predicted molar refractivity (Wildman–Crippen MR) is 59.6 cm³/mol. The highest BCUT2D eigenvalue weighted by Crippen LogP contribution is 2.32. The van der Waals surface area contributed by atoms with E-state index in [0.717, 1.165) is 4.68 Å². The number of rotatable bonds is 2. The maximum absolute atomic E-state index is 12.4. The van der Waals surface area contributed by atoms with Crippen molar-refractivity contribution < 1.29 is 18.1 Å². The lowest BCUT2D eigenvalue weighted by molar-refractivity contribution is -0.383. The first kappa shape index (κ1) is 12.9. The molecule has 1 aromatic heterocycles. The average Bonchev–Trinajstić information content (AvgIpc) is 2.76. The summed E-state index contributed by atoms with van der Waals surface area (Å²) in [6.45, 7) is 0. The summed E-state index contributed by atoms with van der Waals surface area (Å²) >= 11 is 0. The lowest BCUT2D eigenvalue weighted by Gasteiger charge is -2.05. The van der Waals surface area contributed by atoms with Crippen molar-refractivity contribution in [3.8, 4) is 5.69 Å². The molecule has 9 heteroatoms. The van der Waals surface area contributed by atoms with Crippen molar-refractivity contribution >= 4 is 11.4 Å². The molecule has 0 unspecified atom stereocenters. The van der Waals surface area contributed by atoms with Gasteiger partial charge in [-0.3, -0.25) is 10.1 Å². The van der Waals surface area contributed by atoms with Crippen LogP contribution >= 0.6 is 0 Å². The Hall–Kier alpha value is -2.58. The number of hydrogen-bond donors (Lipinski definition) is 1. The Kier molecular flexibility index (Phi) is 2.89. The monoisotopic (exact) mass is 272 g/mol.